The van der Waals surface area contributed by atoms with Crippen molar-refractivity contribution in [1.82, 2.24) is 5.43 Å². The number of carbonyl (C=O) groups is 1. The second-order valence-corrected chi connectivity index (χ2v) is 6.79. The number of benzene rings is 3. The van der Waals surface area contributed by atoms with Crippen LogP contribution in [0.4, 0.5) is 0 Å². The molecule has 0 radical (unpaired) electrons. The molecule has 30 heavy (non-hydrogen) atoms. The Hall–Kier alpha value is -3.80. The quantitative estimate of drug-likeness (QED) is 0.483. The Labute approximate surface area is 175 Å². The van der Waals surface area contributed by atoms with E-state index in [1.807, 2.05) is 72.8 Å². The Kier molecular flexibility index (Phi) is 6.25. The Bertz CT molecular complexity index is 1020. The molecule has 1 N–H and O–H groups in total. The molecule has 0 bridgehead atoms. The summed E-state index contributed by atoms with van der Waals surface area (Å²) >= 11 is 0. The van der Waals surface area contributed by atoms with Crippen molar-refractivity contribution in [2.45, 2.75) is 13.0 Å². The molecule has 6 nitrogen and oxygen atoms in total. The van der Waals surface area contributed by atoms with Crippen molar-refractivity contribution < 1.29 is 19.0 Å². The first kappa shape index (κ1) is 19.5. The maximum Gasteiger partial charge on any atom is 0.244 e. The lowest BCUT2D eigenvalue weighted by molar-refractivity contribution is -0.120. The third-order valence-electron chi connectivity index (χ3n) is 4.50. The van der Waals surface area contributed by atoms with E-state index in [0.717, 1.165) is 22.4 Å². The normalized spacial score (nSPS) is 12.5. The van der Waals surface area contributed by atoms with Crippen molar-refractivity contribution in [3.05, 3.63) is 89.5 Å². The first-order valence-corrected chi connectivity index (χ1v) is 9.73. The summed E-state index contributed by atoms with van der Waals surface area (Å²) in [6.45, 7) is 1.58. The van der Waals surface area contributed by atoms with Gasteiger partial charge in [0.15, 0.2) is 11.5 Å². The molecule has 1 aliphatic rings. The van der Waals surface area contributed by atoms with Gasteiger partial charge in [0.2, 0.25) is 5.91 Å². The number of hydrogen-bond acceptors (Lipinski definition) is 5. The van der Waals surface area contributed by atoms with Crippen LogP contribution in [-0.4, -0.2) is 25.3 Å². The second kappa shape index (κ2) is 9.60. The summed E-state index contributed by atoms with van der Waals surface area (Å²) in [5.74, 6) is 1.95. The van der Waals surface area contributed by atoms with Gasteiger partial charge in [-0.1, -0.05) is 36.4 Å². The molecule has 0 fully saturated rings. The van der Waals surface area contributed by atoms with Gasteiger partial charge in [0, 0.05) is 0 Å². The maximum absolute atomic E-state index is 12.1. The number of amides is 1. The van der Waals surface area contributed by atoms with Crippen LogP contribution in [0.2, 0.25) is 0 Å². The van der Waals surface area contributed by atoms with Crippen molar-refractivity contribution >= 4 is 12.1 Å². The topological polar surface area (TPSA) is 69.2 Å². The van der Waals surface area contributed by atoms with Crippen molar-refractivity contribution in [2.24, 2.45) is 5.10 Å². The molecule has 3 aromatic rings. The zero-order valence-electron chi connectivity index (χ0n) is 16.4. The predicted molar refractivity (Wildman–Crippen MR) is 114 cm³/mol. The van der Waals surface area contributed by atoms with Crippen molar-refractivity contribution in [3.8, 4) is 17.2 Å². The fourth-order valence-corrected chi connectivity index (χ4v) is 2.99. The van der Waals surface area contributed by atoms with Gasteiger partial charge in [-0.25, -0.2) is 5.43 Å². The molecule has 0 unspecified atom stereocenters. The lowest BCUT2D eigenvalue weighted by Gasteiger charge is -2.18. The maximum atomic E-state index is 12.1. The third kappa shape index (κ3) is 5.38. The molecule has 0 aliphatic carbocycles. The number of rotatable bonds is 7. The van der Waals surface area contributed by atoms with Crippen LogP contribution in [0.15, 0.2) is 77.9 Å². The van der Waals surface area contributed by atoms with Crippen LogP contribution in [0.3, 0.4) is 0 Å². The van der Waals surface area contributed by atoms with Crippen molar-refractivity contribution in [3.63, 3.8) is 0 Å². The van der Waals surface area contributed by atoms with Gasteiger partial charge >= 0.3 is 0 Å². The molecule has 1 aliphatic heterocycles. The van der Waals surface area contributed by atoms with Gasteiger partial charge in [-0.2, -0.15) is 5.10 Å². The van der Waals surface area contributed by atoms with E-state index in [4.69, 9.17) is 14.2 Å². The molecule has 1 amide bonds. The van der Waals surface area contributed by atoms with E-state index >= 15 is 0 Å². The van der Waals surface area contributed by atoms with Crippen LogP contribution in [-0.2, 0) is 17.8 Å². The Morgan fingerprint density at radius 1 is 0.933 bits per heavy atom. The van der Waals surface area contributed by atoms with Gasteiger partial charge < -0.3 is 14.2 Å². The van der Waals surface area contributed by atoms with Crippen molar-refractivity contribution in [2.75, 3.05) is 13.2 Å². The largest absolute Gasteiger partial charge is 0.489 e. The summed E-state index contributed by atoms with van der Waals surface area (Å²) in [6, 6.07) is 23.0. The van der Waals surface area contributed by atoms with Crippen molar-refractivity contribution in [1.29, 1.82) is 0 Å². The third-order valence-corrected chi connectivity index (χ3v) is 4.50. The van der Waals surface area contributed by atoms with Gasteiger partial charge in [0.25, 0.3) is 0 Å². The average Bonchev–Trinajstić information content (AvgIpc) is 2.79. The number of nitrogens with zero attached hydrogens (tertiary/aromatic N) is 1. The molecule has 152 valence electrons. The van der Waals surface area contributed by atoms with E-state index in [0.29, 0.717) is 31.3 Å². The predicted octanol–water partition coefficient (Wildman–Crippen LogP) is 3.73. The minimum atomic E-state index is -0.203. The molecular formula is C24H22N2O4. The minimum absolute atomic E-state index is 0.203. The highest BCUT2D eigenvalue weighted by molar-refractivity contribution is 5.83. The fraction of sp³-hybridized carbons (Fsp3) is 0.167. The smallest absolute Gasteiger partial charge is 0.244 e. The van der Waals surface area contributed by atoms with Gasteiger partial charge in [-0.05, 0) is 53.1 Å². The summed E-state index contributed by atoms with van der Waals surface area (Å²) in [7, 11) is 0. The lowest BCUT2D eigenvalue weighted by Crippen LogP contribution is -2.20. The van der Waals surface area contributed by atoms with Crippen LogP contribution in [0.25, 0.3) is 0 Å². The number of carbonyl (C=O) groups excluding carboxylic acids is 1. The van der Waals surface area contributed by atoms with Crippen LogP contribution in [0.1, 0.15) is 16.7 Å². The van der Waals surface area contributed by atoms with E-state index in [9.17, 15) is 4.79 Å². The highest BCUT2D eigenvalue weighted by atomic mass is 16.6. The van der Waals surface area contributed by atoms with Crippen LogP contribution >= 0.6 is 0 Å². The first-order valence-electron chi connectivity index (χ1n) is 9.73. The minimum Gasteiger partial charge on any atom is -0.489 e. The lowest BCUT2D eigenvalue weighted by atomic mass is 10.1. The van der Waals surface area contributed by atoms with Crippen LogP contribution < -0.4 is 19.6 Å². The highest BCUT2D eigenvalue weighted by Gasteiger charge is 2.12. The zero-order chi connectivity index (χ0) is 20.6. The standard InChI is InChI=1S/C24H22N2O4/c27-24(15-20-8-11-22-23(14-20)29-13-12-28-22)26-25-16-18-6-9-21(10-7-18)30-17-19-4-2-1-3-5-19/h1-11,14,16H,12-13,15,17H2,(H,26,27)/b25-16+. The zero-order valence-corrected chi connectivity index (χ0v) is 16.4. The van der Waals surface area contributed by atoms with E-state index < -0.39 is 0 Å². The molecule has 3 aromatic carbocycles. The molecule has 0 saturated heterocycles. The summed E-state index contributed by atoms with van der Waals surface area (Å²) in [6.07, 6.45) is 1.81. The van der Waals surface area contributed by atoms with E-state index in [2.05, 4.69) is 10.5 Å². The van der Waals surface area contributed by atoms with Gasteiger partial charge in [-0.15, -0.1) is 0 Å². The number of nitrogens with one attached hydrogen (secondary N) is 1. The number of fused-ring (bicyclic) bond motifs is 1. The number of ether oxygens (including phenoxy) is 3. The fourth-order valence-electron chi connectivity index (χ4n) is 2.99. The van der Waals surface area contributed by atoms with Gasteiger partial charge in [0.1, 0.15) is 25.6 Å². The first-order chi connectivity index (χ1) is 14.8. The second-order valence-electron chi connectivity index (χ2n) is 6.79. The summed E-state index contributed by atoms with van der Waals surface area (Å²) in [5.41, 5.74) is 5.37. The molecule has 0 spiro atoms. The molecule has 4 rings (SSSR count). The molecular weight excluding hydrogens is 380 g/mol. The van der Waals surface area contributed by atoms with Gasteiger partial charge in [-0.3, -0.25) is 4.79 Å². The highest BCUT2D eigenvalue weighted by Crippen LogP contribution is 2.30. The molecule has 6 heteroatoms. The molecule has 1 heterocycles. The van der Waals surface area contributed by atoms with Crippen LogP contribution in [0.5, 0.6) is 17.2 Å². The molecule has 0 atom stereocenters. The van der Waals surface area contributed by atoms with E-state index in [-0.39, 0.29) is 12.3 Å². The van der Waals surface area contributed by atoms with E-state index in [1.165, 1.54) is 0 Å². The molecule has 0 aromatic heterocycles. The van der Waals surface area contributed by atoms with E-state index in [1.54, 1.807) is 6.21 Å². The van der Waals surface area contributed by atoms with Crippen LogP contribution in [0, 0.1) is 0 Å². The Balaban J connectivity index is 1.25. The SMILES string of the molecule is O=C(Cc1ccc2c(c1)OCCO2)N/N=C/c1ccc(OCc2ccccc2)cc1. The monoisotopic (exact) mass is 402 g/mol. The summed E-state index contributed by atoms with van der Waals surface area (Å²) in [4.78, 5) is 12.1. The number of hydrogen-bond donors (Lipinski definition) is 1. The Morgan fingerprint density at radius 3 is 2.50 bits per heavy atom. The summed E-state index contributed by atoms with van der Waals surface area (Å²) in [5, 5.41) is 4.03. The average molecular weight is 402 g/mol. The summed E-state index contributed by atoms with van der Waals surface area (Å²) < 4.78 is 16.8. The Morgan fingerprint density at radius 2 is 1.70 bits per heavy atom. The van der Waals surface area contributed by atoms with Gasteiger partial charge in [0.05, 0.1) is 12.6 Å². The molecule has 0 saturated carbocycles. The number of hydrazone groups is 1.